The highest BCUT2D eigenvalue weighted by molar-refractivity contribution is 14.0. The van der Waals surface area contributed by atoms with E-state index in [9.17, 15) is 4.39 Å². The number of aliphatic imine (C=N–C) groups is 1. The first-order valence-corrected chi connectivity index (χ1v) is 9.37. The lowest BCUT2D eigenvalue weighted by Crippen LogP contribution is -2.43. The van der Waals surface area contributed by atoms with Gasteiger partial charge in [0.2, 0.25) is 0 Å². The number of rotatable bonds is 6. The molecule has 0 saturated heterocycles. The van der Waals surface area contributed by atoms with Gasteiger partial charge in [-0.2, -0.15) is 11.8 Å². The summed E-state index contributed by atoms with van der Waals surface area (Å²) in [6.07, 6.45) is 5.51. The first-order chi connectivity index (χ1) is 11.9. The van der Waals surface area contributed by atoms with E-state index >= 15 is 0 Å². The smallest absolute Gasteiger partial charge is 0.191 e. The summed E-state index contributed by atoms with van der Waals surface area (Å²) < 4.78 is 16.3. The van der Waals surface area contributed by atoms with Crippen LogP contribution in [-0.4, -0.2) is 40.1 Å². The molecule has 0 aliphatic heterocycles. The van der Waals surface area contributed by atoms with Crippen molar-refractivity contribution in [3.05, 3.63) is 47.8 Å². The molecular formula is C18H27FIN5S. The molecule has 8 heteroatoms. The molecule has 26 heavy (non-hydrogen) atoms. The van der Waals surface area contributed by atoms with E-state index in [0.717, 1.165) is 17.9 Å². The Morgan fingerprint density at radius 3 is 2.62 bits per heavy atom. The second-order valence-corrected chi connectivity index (χ2v) is 7.89. The second-order valence-electron chi connectivity index (χ2n) is 6.37. The van der Waals surface area contributed by atoms with Crippen LogP contribution in [0.2, 0.25) is 0 Å². The number of benzene rings is 1. The zero-order chi connectivity index (χ0) is 18.4. The van der Waals surface area contributed by atoms with Crippen molar-refractivity contribution in [1.82, 2.24) is 20.2 Å². The third kappa shape index (κ3) is 6.15. The number of nitrogens with one attached hydrogen (secondary N) is 2. The van der Waals surface area contributed by atoms with Crippen molar-refractivity contribution >= 4 is 41.7 Å². The molecule has 0 amide bonds. The maximum atomic E-state index is 14.4. The maximum Gasteiger partial charge on any atom is 0.191 e. The first-order valence-electron chi connectivity index (χ1n) is 8.14. The Hall–Kier alpha value is -1.29. The van der Waals surface area contributed by atoms with Gasteiger partial charge in [-0.05, 0) is 44.7 Å². The van der Waals surface area contributed by atoms with Gasteiger partial charge in [-0.25, -0.2) is 9.37 Å². The van der Waals surface area contributed by atoms with Crippen molar-refractivity contribution in [2.75, 3.05) is 19.8 Å². The third-order valence-electron chi connectivity index (χ3n) is 4.02. The SMILES string of the molecule is CN=C(NCc1ccc(-n2ccnc2C)c(F)c1)NCC(C)(C)SC.I. The summed E-state index contributed by atoms with van der Waals surface area (Å²) in [5.74, 6) is 1.19. The van der Waals surface area contributed by atoms with Crippen molar-refractivity contribution in [3.63, 3.8) is 0 Å². The Morgan fingerprint density at radius 2 is 2.08 bits per heavy atom. The predicted octanol–water partition coefficient (Wildman–Crippen LogP) is 3.74. The Balaban J connectivity index is 0.00000338. The van der Waals surface area contributed by atoms with Crippen LogP contribution in [0.3, 0.4) is 0 Å². The van der Waals surface area contributed by atoms with Crippen LogP contribution in [0.5, 0.6) is 0 Å². The summed E-state index contributed by atoms with van der Waals surface area (Å²) in [5.41, 5.74) is 1.36. The van der Waals surface area contributed by atoms with Gasteiger partial charge in [0.1, 0.15) is 11.6 Å². The van der Waals surface area contributed by atoms with Gasteiger partial charge in [-0.3, -0.25) is 4.99 Å². The molecule has 2 aromatic rings. The minimum absolute atomic E-state index is 0. The summed E-state index contributed by atoms with van der Waals surface area (Å²) in [7, 11) is 1.73. The molecule has 1 aromatic carbocycles. The van der Waals surface area contributed by atoms with Crippen LogP contribution < -0.4 is 10.6 Å². The van der Waals surface area contributed by atoms with Crippen molar-refractivity contribution in [1.29, 1.82) is 0 Å². The van der Waals surface area contributed by atoms with E-state index in [-0.39, 0.29) is 34.5 Å². The van der Waals surface area contributed by atoms with Gasteiger partial charge in [0.05, 0.1) is 5.69 Å². The highest BCUT2D eigenvalue weighted by Gasteiger charge is 2.16. The first kappa shape index (κ1) is 22.8. The molecule has 0 atom stereocenters. The average molecular weight is 491 g/mol. The summed E-state index contributed by atoms with van der Waals surface area (Å²) in [4.78, 5) is 8.34. The quantitative estimate of drug-likeness (QED) is 0.367. The Kier molecular flexibility index (Phi) is 8.88. The van der Waals surface area contributed by atoms with Gasteiger partial charge in [0, 0.05) is 37.3 Å². The number of hydrogen-bond donors (Lipinski definition) is 2. The van der Waals surface area contributed by atoms with Gasteiger partial charge in [-0.1, -0.05) is 6.07 Å². The van der Waals surface area contributed by atoms with E-state index < -0.39 is 0 Å². The molecule has 0 radical (unpaired) electrons. The molecular weight excluding hydrogens is 464 g/mol. The number of thioether (sulfide) groups is 1. The van der Waals surface area contributed by atoms with Gasteiger partial charge in [0.15, 0.2) is 5.96 Å². The molecule has 144 valence electrons. The highest BCUT2D eigenvalue weighted by Crippen LogP contribution is 2.19. The van der Waals surface area contributed by atoms with E-state index in [4.69, 9.17) is 0 Å². The van der Waals surface area contributed by atoms with E-state index in [0.29, 0.717) is 18.2 Å². The minimum atomic E-state index is -0.271. The molecule has 0 fully saturated rings. The number of imidazole rings is 1. The number of guanidine groups is 1. The number of aryl methyl sites for hydroxylation is 1. The Labute approximate surface area is 176 Å². The van der Waals surface area contributed by atoms with Crippen LogP contribution in [-0.2, 0) is 6.54 Å². The van der Waals surface area contributed by atoms with Gasteiger partial charge < -0.3 is 15.2 Å². The lowest BCUT2D eigenvalue weighted by molar-refractivity contribution is 0.613. The molecule has 0 aliphatic rings. The van der Waals surface area contributed by atoms with Crippen LogP contribution >= 0.6 is 35.7 Å². The normalized spacial score (nSPS) is 11.8. The standard InChI is InChI=1S/C18H26FN5S.HI/c1-13-21-8-9-24(13)16-7-6-14(10-15(16)19)11-22-17(20-4)23-12-18(2,3)25-5;/h6-10H,11-12H2,1-5H3,(H2,20,22,23);1H. The summed E-state index contributed by atoms with van der Waals surface area (Å²) in [5, 5.41) is 6.52. The average Bonchev–Trinajstić information content (AvgIpc) is 3.01. The number of halogens is 2. The van der Waals surface area contributed by atoms with Gasteiger partial charge in [0.25, 0.3) is 0 Å². The molecule has 1 heterocycles. The third-order valence-corrected chi connectivity index (χ3v) is 5.26. The Morgan fingerprint density at radius 1 is 1.35 bits per heavy atom. The summed E-state index contributed by atoms with van der Waals surface area (Å²) in [6.45, 7) is 7.48. The summed E-state index contributed by atoms with van der Waals surface area (Å²) in [6, 6.07) is 5.22. The van der Waals surface area contributed by atoms with E-state index in [1.54, 1.807) is 47.9 Å². The molecule has 2 N–H and O–H groups in total. The number of nitrogens with zero attached hydrogens (tertiary/aromatic N) is 3. The molecule has 1 aromatic heterocycles. The lowest BCUT2D eigenvalue weighted by atomic mass is 10.2. The van der Waals surface area contributed by atoms with Crippen molar-refractivity contribution in [3.8, 4) is 5.69 Å². The van der Waals surface area contributed by atoms with Crippen LogP contribution in [0.1, 0.15) is 25.2 Å². The fourth-order valence-corrected chi connectivity index (χ4v) is 2.48. The highest BCUT2D eigenvalue weighted by atomic mass is 127. The topological polar surface area (TPSA) is 54.2 Å². The van der Waals surface area contributed by atoms with Crippen LogP contribution in [0.25, 0.3) is 5.69 Å². The van der Waals surface area contributed by atoms with E-state index in [2.05, 4.69) is 40.7 Å². The lowest BCUT2D eigenvalue weighted by Gasteiger charge is -2.23. The number of aromatic nitrogens is 2. The van der Waals surface area contributed by atoms with Gasteiger partial charge in [-0.15, -0.1) is 24.0 Å². The van der Waals surface area contributed by atoms with E-state index in [1.807, 2.05) is 13.0 Å². The van der Waals surface area contributed by atoms with Gasteiger partial charge >= 0.3 is 0 Å². The number of hydrogen-bond acceptors (Lipinski definition) is 3. The molecule has 5 nitrogen and oxygen atoms in total. The fraction of sp³-hybridized carbons (Fsp3) is 0.444. The fourth-order valence-electron chi connectivity index (χ4n) is 2.26. The van der Waals surface area contributed by atoms with E-state index in [1.165, 1.54) is 0 Å². The van der Waals surface area contributed by atoms with Crippen molar-refractivity contribution in [2.45, 2.75) is 32.1 Å². The molecule has 0 spiro atoms. The summed E-state index contributed by atoms with van der Waals surface area (Å²) >= 11 is 1.80. The molecule has 0 aliphatic carbocycles. The second kappa shape index (κ2) is 10.1. The van der Waals surface area contributed by atoms with Crippen molar-refractivity contribution in [2.24, 2.45) is 4.99 Å². The largest absolute Gasteiger partial charge is 0.355 e. The predicted molar refractivity (Wildman–Crippen MR) is 119 cm³/mol. The maximum absolute atomic E-state index is 14.4. The molecule has 0 unspecified atom stereocenters. The molecule has 0 saturated carbocycles. The Bertz CT molecular complexity index is 745. The minimum Gasteiger partial charge on any atom is -0.355 e. The van der Waals surface area contributed by atoms with Crippen molar-refractivity contribution < 1.29 is 4.39 Å². The molecule has 2 rings (SSSR count). The van der Waals surface area contributed by atoms with Crippen LogP contribution in [0.4, 0.5) is 4.39 Å². The zero-order valence-electron chi connectivity index (χ0n) is 15.8. The van der Waals surface area contributed by atoms with Crippen LogP contribution in [0, 0.1) is 12.7 Å². The molecule has 0 bridgehead atoms. The monoisotopic (exact) mass is 491 g/mol. The van der Waals surface area contributed by atoms with Crippen LogP contribution in [0.15, 0.2) is 35.6 Å². The zero-order valence-corrected chi connectivity index (χ0v) is 19.0.